The van der Waals surface area contributed by atoms with E-state index in [4.69, 9.17) is 11.6 Å². The van der Waals surface area contributed by atoms with E-state index in [1.165, 1.54) is 11.3 Å². The first kappa shape index (κ1) is 15.7. The van der Waals surface area contributed by atoms with Crippen LogP contribution in [0.15, 0.2) is 12.1 Å². The molecule has 0 saturated carbocycles. The van der Waals surface area contributed by atoms with Gasteiger partial charge in [0.1, 0.15) is 0 Å². The first-order chi connectivity index (χ1) is 7.17. The highest BCUT2D eigenvalue weighted by molar-refractivity contribution is 7.16. The minimum atomic E-state index is 0. The molecule has 0 aliphatic heterocycles. The van der Waals surface area contributed by atoms with Crippen molar-refractivity contribution in [2.75, 3.05) is 13.6 Å². The Morgan fingerprint density at radius 2 is 2.25 bits per heavy atom. The fourth-order valence-corrected chi connectivity index (χ4v) is 2.49. The van der Waals surface area contributed by atoms with Crippen molar-refractivity contribution < 1.29 is 4.79 Å². The number of carbonyl (C=O) groups is 1. The highest BCUT2D eigenvalue weighted by atomic mass is 35.5. The van der Waals surface area contributed by atoms with Gasteiger partial charge in [0.05, 0.1) is 16.9 Å². The molecule has 1 rings (SSSR count). The summed E-state index contributed by atoms with van der Waals surface area (Å²) < 4.78 is 0.756. The summed E-state index contributed by atoms with van der Waals surface area (Å²) in [5.41, 5.74) is 0. The van der Waals surface area contributed by atoms with Gasteiger partial charge < -0.3 is 10.6 Å². The van der Waals surface area contributed by atoms with Crippen LogP contribution in [0.25, 0.3) is 0 Å². The predicted octanol–water partition coefficient (Wildman–Crippen LogP) is 2.61. The summed E-state index contributed by atoms with van der Waals surface area (Å²) in [6, 6.07) is 3.89. The Kier molecular flexibility index (Phi) is 7.76. The molecule has 16 heavy (non-hydrogen) atoms. The molecule has 6 heteroatoms. The van der Waals surface area contributed by atoms with E-state index >= 15 is 0 Å². The van der Waals surface area contributed by atoms with Crippen LogP contribution < -0.4 is 10.6 Å². The molecule has 0 saturated heterocycles. The summed E-state index contributed by atoms with van der Waals surface area (Å²) in [5, 5.41) is 5.77. The lowest BCUT2D eigenvalue weighted by Crippen LogP contribution is -2.34. The lowest BCUT2D eigenvalue weighted by Gasteiger charge is -2.15. The molecular weight excluding hydrogens is 267 g/mol. The third-order valence-corrected chi connectivity index (χ3v) is 3.36. The number of rotatable bonds is 5. The Balaban J connectivity index is 0.00000225. The van der Waals surface area contributed by atoms with Gasteiger partial charge in [-0.05, 0) is 25.6 Å². The fraction of sp³-hybridized carbons (Fsp3) is 0.500. The summed E-state index contributed by atoms with van der Waals surface area (Å²) in [4.78, 5) is 12.5. The van der Waals surface area contributed by atoms with E-state index < -0.39 is 0 Å². The molecule has 2 N–H and O–H groups in total. The molecule has 0 aromatic carbocycles. The fourth-order valence-electron chi connectivity index (χ4n) is 1.30. The quantitative estimate of drug-likeness (QED) is 0.872. The van der Waals surface area contributed by atoms with Gasteiger partial charge in [0.15, 0.2) is 0 Å². The molecule has 1 atom stereocenters. The molecule has 3 nitrogen and oxygen atoms in total. The van der Waals surface area contributed by atoms with Crippen molar-refractivity contribution in [2.24, 2.45) is 0 Å². The molecule has 0 bridgehead atoms. The smallest absolute Gasteiger partial charge is 0.234 e. The summed E-state index contributed by atoms with van der Waals surface area (Å²) in [6.07, 6.45) is 0.867. The number of halogens is 2. The predicted molar refractivity (Wildman–Crippen MR) is 71.7 cm³/mol. The summed E-state index contributed by atoms with van der Waals surface area (Å²) in [5.74, 6) is 0.00822. The molecule has 0 aliphatic rings. The highest BCUT2D eigenvalue weighted by Crippen LogP contribution is 2.28. The normalized spacial score (nSPS) is 11.7. The van der Waals surface area contributed by atoms with Gasteiger partial charge in [-0.15, -0.1) is 23.7 Å². The van der Waals surface area contributed by atoms with Crippen molar-refractivity contribution in [3.8, 4) is 0 Å². The average Bonchev–Trinajstić information content (AvgIpc) is 2.61. The van der Waals surface area contributed by atoms with Gasteiger partial charge in [-0.2, -0.15) is 0 Å². The first-order valence-electron chi connectivity index (χ1n) is 4.86. The van der Waals surface area contributed by atoms with Crippen LogP contribution in [0.1, 0.15) is 24.3 Å². The zero-order chi connectivity index (χ0) is 11.3. The Morgan fingerprint density at radius 3 is 2.69 bits per heavy atom. The Bertz CT molecular complexity index is 330. The van der Waals surface area contributed by atoms with Crippen LogP contribution in [0.3, 0.4) is 0 Å². The minimum Gasteiger partial charge on any atom is -0.347 e. The number of hydrogen-bond donors (Lipinski definition) is 2. The summed E-state index contributed by atoms with van der Waals surface area (Å²) in [7, 11) is 1.75. The number of thiophene rings is 1. The van der Waals surface area contributed by atoms with Crippen LogP contribution >= 0.6 is 35.3 Å². The minimum absolute atomic E-state index is 0. The molecule has 1 heterocycles. The van der Waals surface area contributed by atoms with Crippen molar-refractivity contribution in [3.63, 3.8) is 0 Å². The summed E-state index contributed by atoms with van der Waals surface area (Å²) in [6.45, 7) is 2.38. The SMILES string of the molecule is CCC(NC(=O)CNC)c1ccc(Cl)s1.Cl. The van der Waals surface area contributed by atoms with E-state index in [2.05, 4.69) is 10.6 Å². The van der Waals surface area contributed by atoms with Gasteiger partial charge >= 0.3 is 0 Å². The van der Waals surface area contributed by atoms with E-state index in [9.17, 15) is 4.79 Å². The van der Waals surface area contributed by atoms with Crippen LogP contribution in [-0.2, 0) is 4.79 Å². The maximum absolute atomic E-state index is 11.4. The van der Waals surface area contributed by atoms with Gasteiger partial charge in [0, 0.05) is 4.88 Å². The van der Waals surface area contributed by atoms with Crippen molar-refractivity contribution in [2.45, 2.75) is 19.4 Å². The molecule has 0 aliphatic carbocycles. The topological polar surface area (TPSA) is 41.1 Å². The number of likely N-dealkylation sites (N-methyl/N-ethyl adjacent to an activating group) is 1. The Hall–Kier alpha value is -0.290. The van der Waals surface area contributed by atoms with Crippen molar-refractivity contribution in [3.05, 3.63) is 21.3 Å². The summed E-state index contributed by atoms with van der Waals surface area (Å²) >= 11 is 7.36. The van der Waals surface area contributed by atoms with Crippen LogP contribution in [-0.4, -0.2) is 19.5 Å². The standard InChI is InChI=1S/C10H15ClN2OS.ClH/c1-3-7(13-10(14)6-12-2)8-4-5-9(11)15-8;/h4-5,7,12H,3,6H2,1-2H3,(H,13,14);1H. The molecule has 0 spiro atoms. The maximum atomic E-state index is 11.4. The molecule has 92 valence electrons. The van der Waals surface area contributed by atoms with Crippen molar-refractivity contribution >= 4 is 41.3 Å². The van der Waals surface area contributed by atoms with Gasteiger partial charge in [-0.1, -0.05) is 18.5 Å². The molecule has 0 fully saturated rings. The lowest BCUT2D eigenvalue weighted by molar-refractivity contribution is -0.120. The van der Waals surface area contributed by atoms with Crippen LogP contribution in [0.5, 0.6) is 0 Å². The Labute approximate surface area is 111 Å². The van der Waals surface area contributed by atoms with Crippen molar-refractivity contribution in [1.29, 1.82) is 0 Å². The second-order valence-electron chi connectivity index (χ2n) is 3.20. The van der Waals surface area contributed by atoms with E-state index in [0.717, 1.165) is 15.6 Å². The zero-order valence-electron chi connectivity index (χ0n) is 9.25. The van der Waals surface area contributed by atoms with Crippen molar-refractivity contribution in [1.82, 2.24) is 10.6 Å². The highest BCUT2D eigenvalue weighted by Gasteiger charge is 2.13. The third-order valence-electron chi connectivity index (χ3n) is 2.02. The molecule has 1 amide bonds. The largest absolute Gasteiger partial charge is 0.347 e. The van der Waals surface area contributed by atoms with E-state index in [-0.39, 0.29) is 24.4 Å². The van der Waals surface area contributed by atoms with Crippen LogP contribution in [0.4, 0.5) is 0 Å². The second kappa shape index (κ2) is 7.90. The monoisotopic (exact) mass is 282 g/mol. The molecule has 0 radical (unpaired) electrons. The molecular formula is C10H16Cl2N2OS. The van der Waals surface area contributed by atoms with Crippen LogP contribution in [0, 0.1) is 0 Å². The number of amides is 1. The second-order valence-corrected chi connectivity index (χ2v) is 4.95. The van der Waals surface area contributed by atoms with E-state index in [1.54, 1.807) is 7.05 Å². The van der Waals surface area contributed by atoms with Gasteiger partial charge in [-0.3, -0.25) is 4.79 Å². The molecule has 1 aromatic rings. The van der Waals surface area contributed by atoms with Gasteiger partial charge in [-0.25, -0.2) is 0 Å². The third kappa shape index (κ3) is 4.70. The average molecular weight is 283 g/mol. The lowest BCUT2D eigenvalue weighted by atomic mass is 10.2. The first-order valence-corrected chi connectivity index (χ1v) is 6.06. The van der Waals surface area contributed by atoms with Gasteiger partial charge in [0.2, 0.25) is 5.91 Å². The van der Waals surface area contributed by atoms with E-state index in [0.29, 0.717) is 6.54 Å². The number of carbonyl (C=O) groups excluding carboxylic acids is 1. The molecule has 1 aromatic heterocycles. The Morgan fingerprint density at radius 1 is 1.56 bits per heavy atom. The van der Waals surface area contributed by atoms with E-state index in [1.807, 2.05) is 19.1 Å². The van der Waals surface area contributed by atoms with Gasteiger partial charge in [0.25, 0.3) is 0 Å². The molecule has 1 unspecified atom stereocenters. The number of nitrogens with one attached hydrogen (secondary N) is 2. The van der Waals surface area contributed by atoms with Crippen LogP contribution in [0.2, 0.25) is 4.34 Å². The number of hydrogen-bond acceptors (Lipinski definition) is 3. The maximum Gasteiger partial charge on any atom is 0.234 e. The zero-order valence-corrected chi connectivity index (χ0v) is 11.6.